The smallest absolute Gasteiger partial charge is 0.243 e. The number of carbonyl (C=O) groups excluding carboxylic acids is 1. The van der Waals surface area contributed by atoms with Crippen LogP contribution in [0.25, 0.3) is 0 Å². The van der Waals surface area contributed by atoms with Crippen molar-refractivity contribution in [2.24, 2.45) is 4.99 Å². The Bertz CT molecular complexity index is 551. The van der Waals surface area contributed by atoms with E-state index in [1.54, 1.807) is 25.3 Å². The first kappa shape index (κ1) is 20.2. The summed E-state index contributed by atoms with van der Waals surface area (Å²) in [7, 11) is 3.49. The average Bonchev–Trinajstić information content (AvgIpc) is 3.18. The van der Waals surface area contributed by atoms with Crippen molar-refractivity contribution in [1.82, 2.24) is 30.3 Å². The molecule has 1 aliphatic heterocycles. The van der Waals surface area contributed by atoms with Gasteiger partial charge in [-0.2, -0.15) is 5.10 Å². The highest BCUT2D eigenvalue weighted by Gasteiger charge is 2.24. The number of likely N-dealkylation sites (tertiary alicyclic amines) is 1. The van der Waals surface area contributed by atoms with Gasteiger partial charge < -0.3 is 19.9 Å². The SMILES string of the molecule is CCOCCCNC(=NCC(=O)N(C)C)N1CCC(c2ncn[nH]2)CC1. The number of H-pyrrole nitrogens is 1. The second-order valence-corrected chi connectivity index (χ2v) is 6.54. The highest BCUT2D eigenvalue weighted by Crippen LogP contribution is 2.24. The predicted molar refractivity (Wildman–Crippen MR) is 100 cm³/mol. The molecule has 1 saturated heterocycles. The molecule has 1 aliphatic rings. The molecule has 0 saturated carbocycles. The van der Waals surface area contributed by atoms with Crippen LogP contribution in [0.4, 0.5) is 0 Å². The normalized spacial score (nSPS) is 16.0. The van der Waals surface area contributed by atoms with E-state index < -0.39 is 0 Å². The summed E-state index contributed by atoms with van der Waals surface area (Å²) < 4.78 is 5.38. The Balaban J connectivity index is 1.89. The number of rotatable bonds is 8. The van der Waals surface area contributed by atoms with E-state index >= 15 is 0 Å². The number of hydrogen-bond donors (Lipinski definition) is 2. The van der Waals surface area contributed by atoms with Crippen molar-refractivity contribution >= 4 is 11.9 Å². The summed E-state index contributed by atoms with van der Waals surface area (Å²) in [6.07, 6.45) is 4.43. The monoisotopic (exact) mass is 365 g/mol. The molecular formula is C17H31N7O2. The fourth-order valence-corrected chi connectivity index (χ4v) is 2.85. The second kappa shape index (κ2) is 10.7. The molecule has 0 unspecified atom stereocenters. The van der Waals surface area contributed by atoms with Crippen molar-refractivity contribution < 1.29 is 9.53 Å². The summed E-state index contributed by atoms with van der Waals surface area (Å²) in [5.41, 5.74) is 0. The number of likely N-dealkylation sites (N-methyl/N-ethyl adjacent to an activating group) is 1. The summed E-state index contributed by atoms with van der Waals surface area (Å²) >= 11 is 0. The number of hydrogen-bond acceptors (Lipinski definition) is 5. The Kier molecular flexibility index (Phi) is 8.33. The molecule has 146 valence electrons. The third-order valence-corrected chi connectivity index (χ3v) is 4.43. The number of ether oxygens (including phenoxy) is 1. The first-order chi connectivity index (χ1) is 12.6. The Morgan fingerprint density at radius 3 is 2.85 bits per heavy atom. The van der Waals surface area contributed by atoms with Crippen molar-refractivity contribution in [1.29, 1.82) is 0 Å². The molecular weight excluding hydrogens is 334 g/mol. The molecule has 26 heavy (non-hydrogen) atoms. The number of aliphatic imine (C=N–C) groups is 1. The van der Waals surface area contributed by atoms with Gasteiger partial charge in [0.1, 0.15) is 18.7 Å². The van der Waals surface area contributed by atoms with Crippen LogP contribution in [-0.4, -0.2) is 90.3 Å². The molecule has 0 aromatic carbocycles. The van der Waals surface area contributed by atoms with Crippen LogP contribution in [-0.2, 0) is 9.53 Å². The van der Waals surface area contributed by atoms with Gasteiger partial charge in [0.15, 0.2) is 5.96 Å². The van der Waals surface area contributed by atoms with Gasteiger partial charge in [-0.25, -0.2) is 9.98 Å². The first-order valence-electron chi connectivity index (χ1n) is 9.28. The van der Waals surface area contributed by atoms with Gasteiger partial charge in [0.05, 0.1) is 0 Å². The first-order valence-corrected chi connectivity index (χ1v) is 9.28. The summed E-state index contributed by atoms with van der Waals surface area (Å²) in [5, 5.41) is 10.3. The molecule has 9 heteroatoms. The van der Waals surface area contributed by atoms with Crippen molar-refractivity contribution in [2.45, 2.75) is 32.1 Å². The largest absolute Gasteiger partial charge is 0.382 e. The summed E-state index contributed by atoms with van der Waals surface area (Å²) in [6.45, 7) is 6.12. The zero-order valence-corrected chi connectivity index (χ0v) is 16.1. The van der Waals surface area contributed by atoms with E-state index in [4.69, 9.17) is 4.74 Å². The molecule has 0 bridgehead atoms. The number of nitrogens with zero attached hydrogens (tertiary/aromatic N) is 5. The maximum Gasteiger partial charge on any atom is 0.243 e. The molecule has 0 aliphatic carbocycles. The highest BCUT2D eigenvalue weighted by atomic mass is 16.5. The van der Waals surface area contributed by atoms with Gasteiger partial charge in [0, 0.05) is 52.9 Å². The van der Waals surface area contributed by atoms with Gasteiger partial charge >= 0.3 is 0 Å². The number of aromatic amines is 1. The fourth-order valence-electron chi connectivity index (χ4n) is 2.85. The van der Waals surface area contributed by atoms with Crippen LogP contribution in [0.1, 0.15) is 37.9 Å². The number of guanidine groups is 1. The van der Waals surface area contributed by atoms with E-state index in [-0.39, 0.29) is 12.5 Å². The summed E-state index contributed by atoms with van der Waals surface area (Å²) in [5.74, 6) is 2.15. The van der Waals surface area contributed by atoms with E-state index in [0.29, 0.717) is 5.92 Å². The van der Waals surface area contributed by atoms with Crippen LogP contribution in [0, 0.1) is 0 Å². The third kappa shape index (κ3) is 6.29. The van der Waals surface area contributed by atoms with Crippen LogP contribution in [0.15, 0.2) is 11.3 Å². The van der Waals surface area contributed by atoms with E-state index in [1.165, 1.54) is 0 Å². The van der Waals surface area contributed by atoms with E-state index in [1.807, 2.05) is 6.92 Å². The summed E-state index contributed by atoms with van der Waals surface area (Å²) in [6, 6.07) is 0. The lowest BCUT2D eigenvalue weighted by Crippen LogP contribution is -2.46. The molecule has 0 radical (unpaired) electrons. The molecule has 0 atom stereocenters. The maximum absolute atomic E-state index is 11.9. The van der Waals surface area contributed by atoms with Gasteiger partial charge in [0.25, 0.3) is 0 Å². The topological polar surface area (TPSA) is 98.7 Å². The van der Waals surface area contributed by atoms with Crippen LogP contribution in [0.2, 0.25) is 0 Å². The zero-order valence-electron chi connectivity index (χ0n) is 16.1. The predicted octanol–water partition coefficient (Wildman–Crippen LogP) is 0.445. The lowest BCUT2D eigenvalue weighted by molar-refractivity contribution is -0.127. The molecule has 1 amide bonds. The Labute approximate surface area is 155 Å². The zero-order chi connectivity index (χ0) is 18.8. The lowest BCUT2D eigenvalue weighted by atomic mass is 9.96. The molecule has 0 spiro atoms. The van der Waals surface area contributed by atoms with Crippen LogP contribution < -0.4 is 5.32 Å². The third-order valence-electron chi connectivity index (χ3n) is 4.43. The minimum Gasteiger partial charge on any atom is -0.382 e. The van der Waals surface area contributed by atoms with Gasteiger partial charge in [-0.05, 0) is 26.2 Å². The fraction of sp³-hybridized carbons (Fsp3) is 0.765. The van der Waals surface area contributed by atoms with Crippen molar-refractivity contribution in [3.63, 3.8) is 0 Å². The Hall–Kier alpha value is -2.16. The number of piperidine rings is 1. The van der Waals surface area contributed by atoms with Gasteiger partial charge in [0.2, 0.25) is 5.91 Å². The minimum atomic E-state index is -0.00448. The lowest BCUT2D eigenvalue weighted by Gasteiger charge is -2.33. The minimum absolute atomic E-state index is 0.00448. The van der Waals surface area contributed by atoms with Gasteiger partial charge in [-0.15, -0.1) is 0 Å². The highest BCUT2D eigenvalue weighted by molar-refractivity contribution is 5.84. The molecule has 1 aromatic heterocycles. The molecule has 2 heterocycles. The van der Waals surface area contributed by atoms with Crippen LogP contribution in [0.3, 0.4) is 0 Å². The maximum atomic E-state index is 11.9. The van der Waals surface area contributed by atoms with Crippen molar-refractivity contribution in [2.75, 3.05) is 53.5 Å². The summed E-state index contributed by atoms with van der Waals surface area (Å²) in [4.78, 5) is 24.5. The second-order valence-electron chi connectivity index (χ2n) is 6.54. The molecule has 2 N–H and O–H groups in total. The number of aromatic nitrogens is 3. The number of nitrogens with one attached hydrogen (secondary N) is 2. The quantitative estimate of drug-likeness (QED) is 0.394. The van der Waals surface area contributed by atoms with E-state index in [0.717, 1.165) is 63.9 Å². The van der Waals surface area contributed by atoms with Crippen LogP contribution in [0.5, 0.6) is 0 Å². The standard InChI is InChI=1S/C17H31N7O2/c1-4-26-11-5-8-18-17(19-12-15(25)23(2)3)24-9-6-14(7-10-24)16-20-13-21-22-16/h13-14H,4-12H2,1-3H3,(H,18,19)(H,20,21,22). The van der Waals surface area contributed by atoms with Gasteiger partial charge in [-0.1, -0.05) is 0 Å². The van der Waals surface area contributed by atoms with E-state index in [9.17, 15) is 4.79 Å². The van der Waals surface area contributed by atoms with E-state index in [2.05, 4.69) is 30.4 Å². The number of amides is 1. The molecule has 1 fully saturated rings. The molecule has 2 rings (SSSR count). The molecule has 9 nitrogen and oxygen atoms in total. The van der Waals surface area contributed by atoms with Crippen LogP contribution >= 0.6 is 0 Å². The Morgan fingerprint density at radius 2 is 2.23 bits per heavy atom. The van der Waals surface area contributed by atoms with Crippen molar-refractivity contribution in [3.8, 4) is 0 Å². The molecule has 1 aromatic rings. The average molecular weight is 365 g/mol. The Morgan fingerprint density at radius 1 is 1.46 bits per heavy atom. The van der Waals surface area contributed by atoms with Gasteiger partial charge in [-0.3, -0.25) is 9.89 Å². The number of carbonyl (C=O) groups is 1. The van der Waals surface area contributed by atoms with Crippen molar-refractivity contribution in [3.05, 3.63) is 12.2 Å².